The SMILES string of the molecule is COc1ccccc1CN(C)CCS(=O)(=O)c1ccc(Cl)cc1. The van der Waals surface area contributed by atoms with Gasteiger partial charge in [-0.05, 0) is 37.4 Å². The average Bonchev–Trinajstić information content (AvgIpc) is 2.54. The summed E-state index contributed by atoms with van der Waals surface area (Å²) < 4.78 is 30.0. The van der Waals surface area contributed by atoms with Crippen molar-refractivity contribution in [1.29, 1.82) is 0 Å². The van der Waals surface area contributed by atoms with Crippen molar-refractivity contribution >= 4 is 21.4 Å². The maximum absolute atomic E-state index is 12.3. The first-order valence-electron chi connectivity index (χ1n) is 7.21. The third kappa shape index (κ3) is 4.96. The van der Waals surface area contributed by atoms with Crippen molar-refractivity contribution in [2.45, 2.75) is 11.4 Å². The first-order chi connectivity index (χ1) is 10.9. The normalized spacial score (nSPS) is 11.7. The first-order valence-corrected chi connectivity index (χ1v) is 9.24. The number of methoxy groups -OCH3 is 1. The molecule has 0 aromatic heterocycles. The van der Waals surface area contributed by atoms with Gasteiger partial charge in [0.25, 0.3) is 0 Å². The lowest BCUT2D eigenvalue weighted by Gasteiger charge is -2.18. The topological polar surface area (TPSA) is 46.6 Å². The van der Waals surface area contributed by atoms with Crippen molar-refractivity contribution in [1.82, 2.24) is 4.90 Å². The van der Waals surface area contributed by atoms with Crippen LogP contribution in [0.5, 0.6) is 5.75 Å². The van der Waals surface area contributed by atoms with Gasteiger partial charge in [-0.2, -0.15) is 0 Å². The van der Waals surface area contributed by atoms with Crippen molar-refractivity contribution in [3.8, 4) is 5.75 Å². The molecule has 0 radical (unpaired) electrons. The van der Waals surface area contributed by atoms with Crippen LogP contribution in [0.4, 0.5) is 0 Å². The van der Waals surface area contributed by atoms with Gasteiger partial charge in [0, 0.05) is 23.7 Å². The molecule has 0 fully saturated rings. The standard InChI is InChI=1S/C17H20ClNO3S/c1-19(13-14-5-3-4-6-17(14)22-2)11-12-23(20,21)16-9-7-15(18)8-10-16/h3-10H,11-13H2,1-2H3. The molecule has 0 aliphatic heterocycles. The Morgan fingerprint density at radius 1 is 1.09 bits per heavy atom. The minimum absolute atomic E-state index is 0.0558. The van der Waals surface area contributed by atoms with Gasteiger partial charge in [-0.1, -0.05) is 29.8 Å². The molecule has 2 aromatic rings. The van der Waals surface area contributed by atoms with Crippen LogP contribution in [0.1, 0.15) is 5.56 Å². The van der Waals surface area contributed by atoms with E-state index in [1.165, 1.54) is 12.1 Å². The van der Waals surface area contributed by atoms with Crippen LogP contribution in [0.3, 0.4) is 0 Å². The monoisotopic (exact) mass is 353 g/mol. The summed E-state index contributed by atoms with van der Waals surface area (Å²) in [5.41, 5.74) is 1.03. The summed E-state index contributed by atoms with van der Waals surface area (Å²) in [4.78, 5) is 2.26. The molecule has 23 heavy (non-hydrogen) atoms. The Morgan fingerprint density at radius 2 is 1.74 bits per heavy atom. The van der Waals surface area contributed by atoms with E-state index in [0.29, 0.717) is 23.0 Å². The van der Waals surface area contributed by atoms with Crippen LogP contribution < -0.4 is 4.74 Å². The Kier molecular flexibility index (Phi) is 6.04. The highest BCUT2D eigenvalue weighted by Gasteiger charge is 2.16. The van der Waals surface area contributed by atoms with Crippen molar-refractivity contribution < 1.29 is 13.2 Å². The van der Waals surface area contributed by atoms with E-state index in [1.807, 2.05) is 36.2 Å². The molecule has 0 atom stereocenters. The highest BCUT2D eigenvalue weighted by Crippen LogP contribution is 2.19. The predicted molar refractivity (Wildman–Crippen MR) is 92.8 cm³/mol. The quantitative estimate of drug-likeness (QED) is 0.766. The van der Waals surface area contributed by atoms with E-state index in [4.69, 9.17) is 16.3 Å². The number of hydrogen-bond acceptors (Lipinski definition) is 4. The lowest BCUT2D eigenvalue weighted by molar-refractivity contribution is 0.333. The molecule has 124 valence electrons. The molecule has 0 amide bonds. The second-order valence-corrected chi connectivity index (χ2v) is 7.87. The van der Waals surface area contributed by atoms with Gasteiger partial charge in [0.15, 0.2) is 9.84 Å². The van der Waals surface area contributed by atoms with Crippen molar-refractivity contribution in [2.24, 2.45) is 0 Å². The molecule has 0 saturated carbocycles. The molecular weight excluding hydrogens is 334 g/mol. The van der Waals surface area contributed by atoms with Crippen LogP contribution in [0.15, 0.2) is 53.4 Å². The second-order valence-electron chi connectivity index (χ2n) is 5.32. The number of benzene rings is 2. The molecule has 4 nitrogen and oxygen atoms in total. The van der Waals surface area contributed by atoms with Crippen molar-refractivity contribution in [3.05, 3.63) is 59.1 Å². The maximum atomic E-state index is 12.3. The molecule has 0 bridgehead atoms. The minimum atomic E-state index is -3.31. The van der Waals surface area contributed by atoms with Crippen molar-refractivity contribution in [3.63, 3.8) is 0 Å². The summed E-state index contributed by atoms with van der Waals surface area (Å²) in [7, 11) is 0.210. The van der Waals surface area contributed by atoms with Gasteiger partial charge in [-0.25, -0.2) is 8.42 Å². The van der Waals surface area contributed by atoms with E-state index < -0.39 is 9.84 Å². The van der Waals surface area contributed by atoms with Gasteiger partial charge < -0.3 is 9.64 Å². The fourth-order valence-electron chi connectivity index (χ4n) is 2.24. The Labute approximate surface area is 142 Å². The van der Waals surface area contributed by atoms with E-state index >= 15 is 0 Å². The number of halogens is 1. The van der Waals surface area contributed by atoms with Gasteiger partial charge in [0.05, 0.1) is 17.8 Å². The summed E-state index contributed by atoms with van der Waals surface area (Å²) in [6, 6.07) is 14.0. The number of sulfone groups is 1. The zero-order valence-electron chi connectivity index (χ0n) is 13.2. The molecule has 0 saturated heterocycles. The molecule has 0 spiro atoms. The fourth-order valence-corrected chi connectivity index (χ4v) is 3.70. The largest absolute Gasteiger partial charge is 0.496 e. The van der Waals surface area contributed by atoms with E-state index in [-0.39, 0.29) is 5.75 Å². The van der Waals surface area contributed by atoms with Gasteiger partial charge in [0.2, 0.25) is 0 Å². The fraction of sp³-hybridized carbons (Fsp3) is 0.294. The molecule has 0 unspecified atom stereocenters. The summed E-state index contributed by atoms with van der Waals surface area (Å²) in [5.74, 6) is 0.861. The zero-order chi connectivity index (χ0) is 16.9. The summed E-state index contributed by atoms with van der Waals surface area (Å²) >= 11 is 5.79. The van der Waals surface area contributed by atoms with Gasteiger partial charge in [0.1, 0.15) is 5.75 Å². The predicted octanol–water partition coefficient (Wildman–Crippen LogP) is 3.25. The van der Waals surface area contributed by atoms with Gasteiger partial charge >= 0.3 is 0 Å². The Morgan fingerprint density at radius 3 is 2.39 bits per heavy atom. The minimum Gasteiger partial charge on any atom is -0.496 e. The van der Waals surface area contributed by atoms with Crippen LogP contribution in [-0.2, 0) is 16.4 Å². The van der Waals surface area contributed by atoms with Crippen LogP contribution in [0, 0.1) is 0 Å². The number of para-hydroxylation sites is 1. The van der Waals surface area contributed by atoms with Gasteiger partial charge in [-0.15, -0.1) is 0 Å². The van der Waals surface area contributed by atoms with Crippen LogP contribution >= 0.6 is 11.6 Å². The molecule has 0 heterocycles. The number of ether oxygens (including phenoxy) is 1. The summed E-state index contributed by atoms with van der Waals surface area (Å²) in [6.45, 7) is 1.06. The molecular formula is C17H20ClNO3S. The Bertz CT molecular complexity index is 745. The Balaban J connectivity index is 1.98. The summed E-state index contributed by atoms with van der Waals surface area (Å²) in [5, 5.41) is 0.525. The highest BCUT2D eigenvalue weighted by atomic mass is 35.5. The third-order valence-electron chi connectivity index (χ3n) is 3.55. The van der Waals surface area contributed by atoms with E-state index in [1.54, 1.807) is 19.2 Å². The second kappa shape index (κ2) is 7.81. The zero-order valence-corrected chi connectivity index (χ0v) is 14.8. The molecule has 2 aromatic carbocycles. The van der Waals surface area contributed by atoms with Crippen LogP contribution in [-0.4, -0.2) is 39.8 Å². The average molecular weight is 354 g/mol. The molecule has 0 aliphatic rings. The lowest BCUT2D eigenvalue weighted by atomic mass is 10.2. The maximum Gasteiger partial charge on any atom is 0.179 e. The number of hydrogen-bond donors (Lipinski definition) is 0. The van der Waals surface area contributed by atoms with E-state index in [2.05, 4.69) is 0 Å². The number of nitrogens with zero attached hydrogens (tertiary/aromatic N) is 1. The molecule has 2 rings (SSSR count). The van der Waals surface area contributed by atoms with Gasteiger partial charge in [-0.3, -0.25) is 0 Å². The number of rotatable bonds is 7. The van der Waals surface area contributed by atoms with E-state index in [0.717, 1.165) is 11.3 Å². The van der Waals surface area contributed by atoms with Crippen LogP contribution in [0.2, 0.25) is 5.02 Å². The molecule has 0 aliphatic carbocycles. The lowest BCUT2D eigenvalue weighted by Crippen LogP contribution is -2.25. The molecule has 6 heteroatoms. The Hall–Kier alpha value is -1.56. The van der Waals surface area contributed by atoms with Crippen LogP contribution in [0.25, 0.3) is 0 Å². The smallest absolute Gasteiger partial charge is 0.179 e. The highest BCUT2D eigenvalue weighted by molar-refractivity contribution is 7.91. The van der Waals surface area contributed by atoms with Crippen molar-refractivity contribution in [2.75, 3.05) is 26.5 Å². The first kappa shape index (κ1) is 17.8. The molecule has 0 N–H and O–H groups in total. The summed E-state index contributed by atoms with van der Waals surface area (Å²) in [6.07, 6.45) is 0. The third-order valence-corrected chi connectivity index (χ3v) is 5.51. The van der Waals surface area contributed by atoms with E-state index in [9.17, 15) is 8.42 Å².